The van der Waals surface area contributed by atoms with E-state index in [9.17, 15) is 14.7 Å². The number of carbonyl (C=O) groups is 2. The van der Waals surface area contributed by atoms with Gasteiger partial charge in [0.05, 0.1) is 0 Å². The number of rotatable bonds is 6. The van der Waals surface area contributed by atoms with Gasteiger partial charge in [0.25, 0.3) is 0 Å². The maximum Gasteiger partial charge on any atom is 0.193 e. The van der Waals surface area contributed by atoms with E-state index in [-0.39, 0.29) is 22.7 Å². The predicted molar refractivity (Wildman–Crippen MR) is 154 cm³/mol. The van der Waals surface area contributed by atoms with Gasteiger partial charge in [0, 0.05) is 22.3 Å². The van der Waals surface area contributed by atoms with Crippen LogP contribution in [0.25, 0.3) is 0 Å². The highest BCUT2D eigenvalue weighted by molar-refractivity contribution is 6.11. The van der Waals surface area contributed by atoms with Gasteiger partial charge in [0.15, 0.2) is 11.6 Å². The molecule has 0 saturated heterocycles. The second-order valence-electron chi connectivity index (χ2n) is 10.9. The van der Waals surface area contributed by atoms with Crippen LogP contribution in [0.3, 0.4) is 0 Å². The van der Waals surface area contributed by atoms with Gasteiger partial charge in [-0.15, -0.1) is 0 Å². The van der Waals surface area contributed by atoms with Crippen LogP contribution in [0.4, 0.5) is 0 Å². The van der Waals surface area contributed by atoms with Gasteiger partial charge < -0.3 is 9.84 Å². The van der Waals surface area contributed by atoms with Crippen molar-refractivity contribution < 1.29 is 19.4 Å². The highest BCUT2D eigenvalue weighted by Crippen LogP contribution is 2.25. The lowest BCUT2D eigenvalue weighted by Crippen LogP contribution is -2.11. The lowest BCUT2D eigenvalue weighted by Gasteiger charge is -2.19. The predicted octanol–water partition coefficient (Wildman–Crippen LogP) is 8.61. The molecule has 0 bridgehead atoms. The van der Waals surface area contributed by atoms with E-state index in [1.165, 1.54) is 5.56 Å². The summed E-state index contributed by atoms with van der Waals surface area (Å²) in [5.74, 6) is 1.96. The molecule has 4 heteroatoms. The molecule has 0 saturated carbocycles. The third-order valence-corrected chi connectivity index (χ3v) is 5.61. The first-order valence-electron chi connectivity index (χ1n) is 12.8. The van der Waals surface area contributed by atoms with Crippen molar-refractivity contribution in [1.29, 1.82) is 0 Å². The molecule has 0 aromatic heterocycles. The summed E-state index contributed by atoms with van der Waals surface area (Å²) in [5.41, 5.74) is 3.39. The van der Waals surface area contributed by atoms with Crippen LogP contribution in [0.15, 0.2) is 97.1 Å². The molecule has 38 heavy (non-hydrogen) atoms. The molecule has 0 heterocycles. The molecule has 0 aliphatic heterocycles. The number of carbonyl (C=O) groups excluding carboxylic acids is 2. The van der Waals surface area contributed by atoms with Crippen LogP contribution in [0.2, 0.25) is 0 Å². The van der Waals surface area contributed by atoms with Gasteiger partial charge in [-0.05, 0) is 65.4 Å². The number of phenolic OH excluding ortho intramolecular Hbond substituents is 1. The number of benzene rings is 4. The first-order valence-corrected chi connectivity index (χ1v) is 12.8. The number of hydrogen-bond acceptors (Lipinski definition) is 4. The summed E-state index contributed by atoms with van der Waals surface area (Å²) in [4.78, 5) is 25.7. The molecule has 4 rings (SSSR count). The summed E-state index contributed by atoms with van der Waals surface area (Å²) in [7, 11) is 0. The molecule has 0 atom stereocenters. The lowest BCUT2D eigenvalue weighted by atomic mass is 9.86. The fourth-order valence-corrected chi connectivity index (χ4v) is 3.55. The van der Waals surface area contributed by atoms with Crippen molar-refractivity contribution >= 4 is 11.6 Å². The number of aromatic hydroxyl groups is 1. The summed E-state index contributed by atoms with van der Waals surface area (Å²) in [6.45, 7) is 12.9. The second kappa shape index (κ2) is 12.4. The van der Waals surface area contributed by atoms with Crippen LogP contribution < -0.4 is 4.74 Å². The van der Waals surface area contributed by atoms with Crippen LogP contribution in [0.1, 0.15) is 78.9 Å². The smallest absolute Gasteiger partial charge is 0.193 e. The highest BCUT2D eigenvalue weighted by atomic mass is 16.5. The zero-order valence-electron chi connectivity index (χ0n) is 23.0. The van der Waals surface area contributed by atoms with E-state index in [4.69, 9.17) is 4.74 Å². The lowest BCUT2D eigenvalue weighted by molar-refractivity contribution is 0.102. The van der Waals surface area contributed by atoms with Crippen molar-refractivity contribution in [2.45, 2.75) is 47.0 Å². The molecule has 0 fully saturated rings. The molecule has 4 aromatic carbocycles. The van der Waals surface area contributed by atoms with Crippen molar-refractivity contribution in [3.63, 3.8) is 0 Å². The maximum absolute atomic E-state index is 12.9. The Bertz CT molecular complexity index is 1340. The molecule has 0 unspecified atom stereocenters. The van der Waals surface area contributed by atoms with Gasteiger partial charge in [-0.25, -0.2) is 0 Å². The summed E-state index contributed by atoms with van der Waals surface area (Å²) in [6.07, 6.45) is 0. The molecule has 0 amide bonds. The number of phenols is 1. The van der Waals surface area contributed by atoms with E-state index in [1.807, 2.05) is 24.3 Å². The minimum atomic E-state index is -0.135. The molecule has 4 nitrogen and oxygen atoms in total. The topological polar surface area (TPSA) is 63.6 Å². The third-order valence-electron chi connectivity index (χ3n) is 5.61. The maximum atomic E-state index is 12.9. The Kier molecular flexibility index (Phi) is 9.25. The van der Waals surface area contributed by atoms with E-state index >= 15 is 0 Å². The molecular weight excluding hydrogens is 472 g/mol. The van der Waals surface area contributed by atoms with Gasteiger partial charge in [-0.1, -0.05) is 90.1 Å². The van der Waals surface area contributed by atoms with Crippen molar-refractivity contribution in [3.05, 3.63) is 125 Å². The molecule has 0 radical (unpaired) electrons. The Morgan fingerprint density at radius 2 is 0.868 bits per heavy atom. The zero-order valence-corrected chi connectivity index (χ0v) is 23.0. The van der Waals surface area contributed by atoms with Crippen LogP contribution in [-0.4, -0.2) is 16.7 Å². The largest absolute Gasteiger partial charge is 0.508 e. The van der Waals surface area contributed by atoms with Crippen LogP contribution in [-0.2, 0) is 5.41 Å². The Morgan fingerprint density at radius 3 is 1.21 bits per heavy atom. The van der Waals surface area contributed by atoms with E-state index in [0.717, 1.165) is 5.92 Å². The quantitative estimate of drug-likeness (QED) is 0.265. The SMILES string of the molecule is CC(C)(C)c1ccc(C(=O)c2ccc(C(=O)c3ccc(Oc4ccc(O)cc4)cc3)cc2)cc1.CC(C)C. The molecule has 1 N–H and O–H groups in total. The van der Waals surface area contributed by atoms with E-state index in [0.29, 0.717) is 33.8 Å². The summed E-state index contributed by atoms with van der Waals surface area (Å²) >= 11 is 0. The standard InChI is InChI=1S/C30H26O4.C4H10/c1-30(2,3)24-12-8-22(9-13-24)28(32)20-4-6-21(7-5-20)29(33)23-10-16-26(17-11-23)34-27-18-14-25(31)15-19-27;1-4(2)3/h4-19,31H,1-3H3;4H,1-3H3. The summed E-state index contributed by atoms with van der Waals surface area (Å²) in [6, 6.07) is 27.7. The van der Waals surface area contributed by atoms with Gasteiger partial charge in [-0.2, -0.15) is 0 Å². The van der Waals surface area contributed by atoms with Crippen molar-refractivity contribution in [1.82, 2.24) is 0 Å². The Hall–Kier alpha value is -4.18. The Labute approximate surface area is 225 Å². The molecule has 0 aliphatic carbocycles. The number of ketones is 2. The molecule has 4 aromatic rings. The van der Waals surface area contributed by atoms with Gasteiger partial charge in [-0.3, -0.25) is 9.59 Å². The zero-order chi connectivity index (χ0) is 27.9. The second-order valence-corrected chi connectivity index (χ2v) is 10.9. The fraction of sp³-hybridized carbons (Fsp3) is 0.235. The Morgan fingerprint density at radius 1 is 0.579 bits per heavy atom. The summed E-state index contributed by atoms with van der Waals surface area (Å²) in [5, 5.41) is 9.36. The average molecular weight is 509 g/mol. The van der Waals surface area contributed by atoms with Crippen molar-refractivity contribution in [2.75, 3.05) is 0 Å². The minimum absolute atomic E-state index is 0.0272. The number of hydrogen-bond donors (Lipinski definition) is 1. The van der Waals surface area contributed by atoms with E-state index in [1.54, 1.807) is 72.8 Å². The fourth-order valence-electron chi connectivity index (χ4n) is 3.55. The van der Waals surface area contributed by atoms with Crippen molar-refractivity contribution in [2.24, 2.45) is 5.92 Å². The highest BCUT2D eigenvalue weighted by Gasteiger charge is 2.16. The molecular formula is C34H36O4. The van der Waals surface area contributed by atoms with Gasteiger partial charge in [0.2, 0.25) is 0 Å². The first-order chi connectivity index (χ1) is 17.9. The molecule has 0 spiro atoms. The summed E-state index contributed by atoms with van der Waals surface area (Å²) < 4.78 is 5.72. The monoisotopic (exact) mass is 508 g/mol. The first kappa shape index (κ1) is 28.4. The minimum Gasteiger partial charge on any atom is -0.508 e. The van der Waals surface area contributed by atoms with Gasteiger partial charge in [0.1, 0.15) is 17.2 Å². The average Bonchev–Trinajstić information content (AvgIpc) is 2.89. The van der Waals surface area contributed by atoms with E-state index < -0.39 is 0 Å². The van der Waals surface area contributed by atoms with Crippen LogP contribution in [0, 0.1) is 5.92 Å². The third kappa shape index (κ3) is 7.91. The van der Waals surface area contributed by atoms with Crippen molar-refractivity contribution in [3.8, 4) is 17.2 Å². The number of ether oxygens (including phenoxy) is 1. The van der Waals surface area contributed by atoms with Crippen LogP contribution >= 0.6 is 0 Å². The van der Waals surface area contributed by atoms with E-state index in [2.05, 4.69) is 41.5 Å². The molecule has 0 aliphatic rings. The van der Waals surface area contributed by atoms with Gasteiger partial charge >= 0.3 is 0 Å². The Balaban J connectivity index is 0.000000934. The molecule has 196 valence electrons. The van der Waals surface area contributed by atoms with Crippen LogP contribution in [0.5, 0.6) is 17.2 Å². The normalized spacial score (nSPS) is 10.9.